The number of ether oxygens (including phenoxy) is 3. The highest BCUT2D eigenvalue weighted by atomic mass is 16.6. The van der Waals surface area contributed by atoms with Crippen LogP contribution in [0.5, 0.6) is 11.5 Å². The van der Waals surface area contributed by atoms with Gasteiger partial charge in [-0.3, -0.25) is 19.8 Å². The van der Waals surface area contributed by atoms with Crippen molar-refractivity contribution in [1.82, 2.24) is 4.90 Å². The van der Waals surface area contributed by atoms with Crippen molar-refractivity contribution >= 4 is 11.5 Å². The molecular weight excluding hydrogens is 316 g/mol. The second kappa shape index (κ2) is 8.60. The summed E-state index contributed by atoms with van der Waals surface area (Å²) in [5.41, 5.74) is -0.322. The van der Waals surface area contributed by atoms with Gasteiger partial charge in [0.05, 0.1) is 37.4 Å². The van der Waals surface area contributed by atoms with Gasteiger partial charge in [-0.15, -0.1) is 0 Å². The van der Waals surface area contributed by atoms with Crippen molar-refractivity contribution in [2.24, 2.45) is 0 Å². The highest BCUT2D eigenvalue weighted by Gasteiger charge is 2.27. The van der Waals surface area contributed by atoms with Gasteiger partial charge in [-0.1, -0.05) is 0 Å². The minimum absolute atomic E-state index is 0.0113. The van der Waals surface area contributed by atoms with Gasteiger partial charge in [-0.05, 0) is 25.5 Å². The number of hydrogen-bond donors (Lipinski definition) is 0. The molecule has 24 heavy (non-hydrogen) atoms. The van der Waals surface area contributed by atoms with Gasteiger partial charge >= 0.3 is 5.69 Å². The second-order valence-corrected chi connectivity index (χ2v) is 5.46. The highest BCUT2D eigenvalue weighted by molar-refractivity contribution is 5.99. The summed E-state index contributed by atoms with van der Waals surface area (Å²) in [6, 6.07) is 2.90. The van der Waals surface area contributed by atoms with Crippen molar-refractivity contribution in [2.45, 2.75) is 13.3 Å². The van der Waals surface area contributed by atoms with E-state index in [4.69, 9.17) is 14.2 Å². The van der Waals surface area contributed by atoms with Crippen LogP contribution in [0.3, 0.4) is 0 Å². The molecule has 8 heteroatoms. The molecule has 0 N–H and O–H groups in total. The molecule has 0 aliphatic carbocycles. The van der Waals surface area contributed by atoms with Crippen LogP contribution in [-0.4, -0.2) is 62.2 Å². The topological polar surface area (TPSA) is 91.1 Å². The van der Waals surface area contributed by atoms with Crippen LogP contribution in [0.15, 0.2) is 12.1 Å². The molecule has 1 aliphatic heterocycles. The van der Waals surface area contributed by atoms with E-state index < -0.39 is 4.92 Å². The number of nitro benzene ring substituents is 1. The Hall–Kier alpha value is -2.19. The predicted molar refractivity (Wildman–Crippen MR) is 87.0 cm³/mol. The third kappa shape index (κ3) is 4.42. The molecule has 0 saturated carbocycles. The average Bonchev–Trinajstić information content (AvgIpc) is 2.58. The first-order valence-electron chi connectivity index (χ1n) is 7.83. The Morgan fingerprint density at radius 1 is 1.38 bits per heavy atom. The van der Waals surface area contributed by atoms with Gasteiger partial charge in [0.15, 0.2) is 11.5 Å². The fourth-order valence-corrected chi connectivity index (χ4v) is 2.61. The molecule has 2 rings (SSSR count). The predicted octanol–water partition coefficient (Wildman–Crippen LogP) is 1.91. The number of carbonyl (C=O) groups is 1. The van der Waals surface area contributed by atoms with Crippen molar-refractivity contribution in [2.75, 3.05) is 46.6 Å². The summed E-state index contributed by atoms with van der Waals surface area (Å²) in [7, 11) is 1.41. The average molecular weight is 338 g/mol. The Bertz CT molecular complexity index is 598. The SMILES string of the molecule is COc1ccc(C(C)=O)c([N+](=O)[O-])c1OCCCN1CCOCC1. The van der Waals surface area contributed by atoms with Gasteiger partial charge in [0.1, 0.15) is 0 Å². The maximum absolute atomic E-state index is 11.6. The van der Waals surface area contributed by atoms with E-state index in [1.54, 1.807) is 0 Å². The normalized spacial score (nSPS) is 15.1. The lowest BCUT2D eigenvalue weighted by Crippen LogP contribution is -2.37. The summed E-state index contributed by atoms with van der Waals surface area (Å²) >= 11 is 0. The monoisotopic (exact) mass is 338 g/mol. The van der Waals surface area contributed by atoms with E-state index in [2.05, 4.69) is 4.90 Å². The standard InChI is InChI=1S/C16H22N2O6/c1-12(19)13-4-5-14(22-2)16(15(13)18(20)21)24-9-3-6-17-7-10-23-11-8-17/h4-5H,3,6-11H2,1-2H3. The van der Waals surface area contributed by atoms with Crippen LogP contribution >= 0.6 is 0 Å². The van der Waals surface area contributed by atoms with Crippen LogP contribution in [0.1, 0.15) is 23.7 Å². The highest BCUT2D eigenvalue weighted by Crippen LogP contribution is 2.40. The van der Waals surface area contributed by atoms with Gasteiger partial charge in [0, 0.05) is 19.6 Å². The van der Waals surface area contributed by atoms with Gasteiger partial charge in [-0.2, -0.15) is 0 Å². The van der Waals surface area contributed by atoms with Gasteiger partial charge in [0.25, 0.3) is 0 Å². The largest absolute Gasteiger partial charge is 0.493 e. The number of morpholine rings is 1. The summed E-state index contributed by atoms with van der Waals surface area (Å²) in [6.07, 6.45) is 0.713. The van der Waals surface area contributed by atoms with Gasteiger partial charge in [-0.25, -0.2) is 0 Å². The molecule has 132 valence electrons. The molecule has 1 aromatic rings. The third-order valence-corrected chi connectivity index (χ3v) is 3.85. The van der Waals surface area contributed by atoms with Crippen molar-refractivity contribution in [3.8, 4) is 11.5 Å². The summed E-state index contributed by atoms with van der Waals surface area (Å²) < 4.78 is 16.1. The zero-order chi connectivity index (χ0) is 17.5. The smallest absolute Gasteiger partial charge is 0.325 e. The van der Waals surface area contributed by atoms with Crippen molar-refractivity contribution in [3.05, 3.63) is 27.8 Å². The fraction of sp³-hybridized carbons (Fsp3) is 0.562. The van der Waals surface area contributed by atoms with E-state index in [9.17, 15) is 14.9 Å². The fourth-order valence-electron chi connectivity index (χ4n) is 2.61. The number of methoxy groups -OCH3 is 1. The molecular formula is C16H22N2O6. The Balaban J connectivity index is 2.07. The number of nitrogens with zero attached hydrogens (tertiary/aromatic N) is 2. The van der Waals surface area contributed by atoms with E-state index in [-0.39, 0.29) is 28.5 Å². The van der Waals surface area contributed by atoms with Crippen LogP contribution in [0.2, 0.25) is 0 Å². The minimum Gasteiger partial charge on any atom is -0.493 e. The molecule has 1 saturated heterocycles. The lowest BCUT2D eigenvalue weighted by molar-refractivity contribution is -0.386. The van der Waals surface area contributed by atoms with E-state index >= 15 is 0 Å². The maximum Gasteiger partial charge on any atom is 0.325 e. The molecule has 0 amide bonds. The summed E-state index contributed by atoms with van der Waals surface area (Å²) in [5, 5.41) is 11.4. The molecule has 0 spiro atoms. The molecule has 0 aromatic heterocycles. The van der Waals surface area contributed by atoms with Crippen LogP contribution in [0, 0.1) is 10.1 Å². The van der Waals surface area contributed by atoms with Crippen LogP contribution in [0.25, 0.3) is 0 Å². The Morgan fingerprint density at radius 3 is 2.67 bits per heavy atom. The van der Waals surface area contributed by atoms with Gasteiger partial charge in [0.2, 0.25) is 5.75 Å². The lowest BCUT2D eigenvalue weighted by Gasteiger charge is -2.26. The molecule has 8 nitrogen and oxygen atoms in total. The minimum atomic E-state index is -0.601. The first-order chi connectivity index (χ1) is 11.5. The van der Waals surface area contributed by atoms with Crippen LogP contribution in [-0.2, 0) is 4.74 Å². The number of nitro groups is 1. The second-order valence-electron chi connectivity index (χ2n) is 5.46. The molecule has 1 fully saturated rings. The van der Waals surface area contributed by atoms with E-state index in [0.717, 1.165) is 32.8 Å². The van der Waals surface area contributed by atoms with Crippen LogP contribution < -0.4 is 9.47 Å². The molecule has 1 aliphatic rings. The first-order valence-corrected chi connectivity index (χ1v) is 7.83. The zero-order valence-corrected chi connectivity index (χ0v) is 13.9. The summed E-state index contributed by atoms with van der Waals surface area (Å²) in [5.74, 6) is -0.127. The Kier molecular flexibility index (Phi) is 6.51. The Morgan fingerprint density at radius 2 is 2.08 bits per heavy atom. The van der Waals surface area contributed by atoms with E-state index in [1.165, 1.54) is 26.2 Å². The molecule has 0 atom stereocenters. The number of rotatable bonds is 8. The van der Waals surface area contributed by atoms with E-state index in [0.29, 0.717) is 13.0 Å². The third-order valence-electron chi connectivity index (χ3n) is 3.85. The molecule has 0 radical (unpaired) electrons. The van der Waals surface area contributed by atoms with Crippen LogP contribution in [0.4, 0.5) is 5.69 Å². The van der Waals surface area contributed by atoms with Gasteiger partial charge < -0.3 is 14.2 Å². The van der Waals surface area contributed by atoms with Crippen molar-refractivity contribution in [3.63, 3.8) is 0 Å². The summed E-state index contributed by atoms with van der Waals surface area (Å²) in [6.45, 7) is 5.62. The van der Waals surface area contributed by atoms with Crippen molar-refractivity contribution in [1.29, 1.82) is 0 Å². The number of Topliss-reactive ketones (excluding diaryl/α,β-unsaturated/α-hetero) is 1. The molecule has 1 heterocycles. The number of ketones is 1. The zero-order valence-electron chi connectivity index (χ0n) is 13.9. The molecule has 1 aromatic carbocycles. The lowest BCUT2D eigenvalue weighted by atomic mass is 10.1. The Labute approximate surface area is 140 Å². The quantitative estimate of drug-likeness (QED) is 0.309. The molecule has 0 bridgehead atoms. The van der Waals surface area contributed by atoms with Crippen molar-refractivity contribution < 1.29 is 23.9 Å². The molecule has 0 unspecified atom stereocenters. The number of benzene rings is 1. The summed E-state index contributed by atoms with van der Waals surface area (Å²) in [4.78, 5) is 24.7. The first kappa shape index (κ1) is 18.2. The maximum atomic E-state index is 11.6. The van der Waals surface area contributed by atoms with E-state index in [1.807, 2.05) is 0 Å². The number of carbonyl (C=O) groups excluding carboxylic acids is 1. The number of hydrogen-bond acceptors (Lipinski definition) is 7.